The highest BCUT2D eigenvalue weighted by atomic mass is 79.9. The molecule has 0 spiro atoms. The van der Waals surface area contributed by atoms with Gasteiger partial charge < -0.3 is 15.0 Å². The third kappa shape index (κ3) is 3.98. The molecule has 1 aliphatic heterocycles. The first-order chi connectivity index (χ1) is 12.4. The number of ether oxygens (including phenoxy) is 1. The molecule has 1 atom stereocenters. The second-order valence-electron chi connectivity index (χ2n) is 5.83. The summed E-state index contributed by atoms with van der Waals surface area (Å²) in [5, 5.41) is 3.69. The van der Waals surface area contributed by atoms with E-state index < -0.39 is 5.92 Å². The van der Waals surface area contributed by atoms with E-state index >= 15 is 0 Å². The second kappa shape index (κ2) is 7.86. The Hall–Kier alpha value is -1.76. The van der Waals surface area contributed by atoms with Crippen molar-refractivity contribution in [1.29, 1.82) is 0 Å². The fourth-order valence-corrected chi connectivity index (χ4v) is 3.70. The van der Waals surface area contributed by atoms with E-state index in [2.05, 4.69) is 21.2 Å². The van der Waals surface area contributed by atoms with E-state index in [1.807, 2.05) is 0 Å². The molecule has 1 fully saturated rings. The van der Waals surface area contributed by atoms with E-state index in [1.54, 1.807) is 36.4 Å². The highest BCUT2D eigenvalue weighted by molar-refractivity contribution is 9.10. The Bertz CT molecular complexity index is 876. The third-order valence-electron chi connectivity index (χ3n) is 4.12. The number of halogens is 3. The van der Waals surface area contributed by atoms with Crippen molar-refractivity contribution < 1.29 is 14.3 Å². The van der Waals surface area contributed by atoms with Crippen molar-refractivity contribution in [3.05, 3.63) is 50.9 Å². The number of amides is 2. The number of anilines is 2. The summed E-state index contributed by atoms with van der Waals surface area (Å²) in [6.45, 7) is 0.246. The van der Waals surface area contributed by atoms with Crippen LogP contribution in [0.2, 0.25) is 10.0 Å². The average Bonchev–Trinajstić information content (AvgIpc) is 2.99. The molecule has 26 heavy (non-hydrogen) atoms. The molecule has 8 heteroatoms. The van der Waals surface area contributed by atoms with Gasteiger partial charge in [-0.2, -0.15) is 0 Å². The molecule has 2 amide bonds. The SMILES string of the molecule is COc1ccc(Cl)cc1N1C[C@@H](C(=O)Nc2ccc(Br)cc2Cl)CC1=O. The van der Waals surface area contributed by atoms with Gasteiger partial charge in [0.2, 0.25) is 11.8 Å². The first-order valence-electron chi connectivity index (χ1n) is 7.79. The van der Waals surface area contributed by atoms with Crippen molar-refractivity contribution in [2.24, 2.45) is 5.92 Å². The Kier molecular flexibility index (Phi) is 5.75. The maximum absolute atomic E-state index is 12.6. The molecule has 1 saturated heterocycles. The van der Waals surface area contributed by atoms with Crippen molar-refractivity contribution in [2.75, 3.05) is 23.9 Å². The van der Waals surface area contributed by atoms with Crippen LogP contribution in [0.25, 0.3) is 0 Å². The zero-order valence-corrected chi connectivity index (χ0v) is 16.9. The van der Waals surface area contributed by atoms with Gasteiger partial charge in [0.25, 0.3) is 0 Å². The van der Waals surface area contributed by atoms with E-state index in [4.69, 9.17) is 27.9 Å². The number of benzene rings is 2. The number of carbonyl (C=O) groups is 2. The number of carbonyl (C=O) groups excluding carboxylic acids is 2. The zero-order chi connectivity index (χ0) is 18.8. The van der Waals surface area contributed by atoms with Crippen LogP contribution < -0.4 is 15.0 Å². The van der Waals surface area contributed by atoms with Crippen molar-refractivity contribution >= 4 is 62.3 Å². The first-order valence-corrected chi connectivity index (χ1v) is 9.33. The predicted octanol–water partition coefficient (Wildman–Crippen LogP) is 4.76. The van der Waals surface area contributed by atoms with E-state index in [-0.39, 0.29) is 24.8 Å². The maximum atomic E-state index is 12.6. The van der Waals surface area contributed by atoms with Crippen LogP contribution >= 0.6 is 39.1 Å². The van der Waals surface area contributed by atoms with Crippen LogP contribution in [0.1, 0.15) is 6.42 Å². The molecule has 0 aliphatic carbocycles. The second-order valence-corrected chi connectivity index (χ2v) is 7.59. The number of nitrogens with zero attached hydrogens (tertiary/aromatic N) is 1. The lowest BCUT2D eigenvalue weighted by Crippen LogP contribution is -2.28. The molecule has 0 saturated carbocycles. The highest BCUT2D eigenvalue weighted by Crippen LogP contribution is 2.35. The quantitative estimate of drug-likeness (QED) is 0.720. The molecular weight excluding hydrogens is 443 g/mol. The fourth-order valence-electron chi connectivity index (χ4n) is 2.82. The molecule has 0 radical (unpaired) electrons. The smallest absolute Gasteiger partial charge is 0.229 e. The summed E-state index contributed by atoms with van der Waals surface area (Å²) < 4.78 is 6.12. The van der Waals surface area contributed by atoms with Crippen molar-refractivity contribution in [3.8, 4) is 5.75 Å². The van der Waals surface area contributed by atoms with Gasteiger partial charge in [-0.3, -0.25) is 9.59 Å². The van der Waals surface area contributed by atoms with E-state index in [9.17, 15) is 9.59 Å². The first kappa shape index (κ1) is 19.0. The molecular formula is C18H15BrCl2N2O3. The Labute approximate surface area is 169 Å². The zero-order valence-electron chi connectivity index (χ0n) is 13.8. The average molecular weight is 458 g/mol. The minimum Gasteiger partial charge on any atom is -0.495 e. The molecule has 1 heterocycles. The van der Waals surface area contributed by atoms with Gasteiger partial charge in [0.05, 0.1) is 29.4 Å². The molecule has 3 rings (SSSR count). The summed E-state index contributed by atoms with van der Waals surface area (Å²) in [7, 11) is 1.52. The van der Waals surface area contributed by atoms with Crippen LogP contribution in [-0.2, 0) is 9.59 Å². The van der Waals surface area contributed by atoms with Gasteiger partial charge in [-0.25, -0.2) is 0 Å². The largest absolute Gasteiger partial charge is 0.495 e. The summed E-state index contributed by atoms with van der Waals surface area (Å²) in [5.41, 5.74) is 1.06. The molecule has 0 bridgehead atoms. The molecule has 2 aromatic carbocycles. The summed E-state index contributed by atoms with van der Waals surface area (Å²) in [5.74, 6) is -0.385. The minimum absolute atomic E-state index is 0.107. The standard InChI is InChI=1S/C18H15BrCl2N2O3/c1-26-16-5-3-12(20)8-15(16)23-9-10(6-17(23)24)18(25)22-14-4-2-11(19)7-13(14)21/h2-5,7-8,10H,6,9H2,1H3,(H,22,25)/t10-/m0/s1. The number of nitrogens with one attached hydrogen (secondary N) is 1. The van der Waals surface area contributed by atoms with Crippen LogP contribution in [0.3, 0.4) is 0 Å². The number of hydrogen-bond donors (Lipinski definition) is 1. The Morgan fingerprint density at radius 3 is 2.73 bits per heavy atom. The molecule has 1 aliphatic rings. The molecule has 0 aromatic heterocycles. The van der Waals surface area contributed by atoms with Gasteiger partial charge >= 0.3 is 0 Å². The van der Waals surface area contributed by atoms with Gasteiger partial charge in [0.1, 0.15) is 5.75 Å². The van der Waals surface area contributed by atoms with E-state index in [1.165, 1.54) is 12.0 Å². The molecule has 1 N–H and O–H groups in total. The number of hydrogen-bond acceptors (Lipinski definition) is 3. The molecule has 136 valence electrons. The summed E-state index contributed by atoms with van der Waals surface area (Å²) >= 11 is 15.5. The van der Waals surface area contributed by atoms with Crippen LogP contribution in [0.4, 0.5) is 11.4 Å². The molecule has 0 unspecified atom stereocenters. The van der Waals surface area contributed by atoms with Gasteiger partial charge in [-0.1, -0.05) is 39.1 Å². The minimum atomic E-state index is -0.495. The topological polar surface area (TPSA) is 58.6 Å². The highest BCUT2D eigenvalue weighted by Gasteiger charge is 2.36. The lowest BCUT2D eigenvalue weighted by Gasteiger charge is -2.20. The predicted molar refractivity (Wildman–Crippen MR) is 106 cm³/mol. The van der Waals surface area contributed by atoms with Crippen molar-refractivity contribution in [3.63, 3.8) is 0 Å². The fraction of sp³-hybridized carbons (Fsp3) is 0.222. The Morgan fingerprint density at radius 2 is 2.04 bits per heavy atom. The molecule has 2 aromatic rings. The lowest BCUT2D eigenvalue weighted by molar-refractivity contribution is -0.122. The molecule has 5 nitrogen and oxygen atoms in total. The van der Waals surface area contributed by atoms with Crippen LogP contribution in [0, 0.1) is 5.92 Å². The monoisotopic (exact) mass is 456 g/mol. The van der Waals surface area contributed by atoms with E-state index in [0.717, 1.165) is 4.47 Å². The summed E-state index contributed by atoms with van der Waals surface area (Å²) in [6, 6.07) is 10.2. The lowest BCUT2D eigenvalue weighted by atomic mass is 10.1. The Morgan fingerprint density at radius 1 is 1.27 bits per heavy atom. The maximum Gasteiger partial charge on any atom is 0.229 e. The summed E-state index contributed by atoms with van der Waals surface area (Å²) in [4.78, 5) is 26.6. The normalized spacial score (nSPS) is 16.7. The summed E-state index contributed by atoms with van der Waals surface area (Å²) in [6.07, 6.45) is 0.107. The van der Waals surface area contributed by atoms with Crippen molar-refractivity contribution in [1.82, 2.24) is 0 Å². The van der Waals surface area contributed by atoms with Gasteiger partial charge in [-0.15, -0.1) is 0 Å². The van der Waals surface area contributed by atoms with Crippen molar-refractivity contribution in [2.45, 2.75) is 6.42 Å². The van der Waals surface area contributed by atoms with Crippen LogP contribution in [0.15, 0.2) is 40.9 Å². The van der Waals surface area contributed by atoms with Crippen LogP contribution in [-0.4, -0.2) is 25.5 Å². The third-order valence-corrected chi connectivity index (χ3v) is 5.16. The van der Waals surface area contributed by atoms with E-state index in [0.29, 0.717) is 27.2 Å². The van der Waals surface area contributed by atoms with Gasteiger partial charge in [0, 0.05) is 22.5 Å². The van der Waals surface area contributed by atoms with Gasteiger partial charge in [0.15, 0.2) is 0 Å². The van der Waals surface area contributed by atoms with Gasteiger partial charge in [-0.05, 0) is 36.4 Å². The Balaban J connectivity index is 1.77. The van der Waals surface area contributed by atoms with Crippen LogP contribution in [0.5, 0.6) is 5.75 Å². The number of methoxy groups -OCH3 is 1. The number of rotatable bonds is 4.